The van der Waals surface area contributed by atoms with Crippen LogP contribution < -0.4 is 5.32 Å². The van der Waals surface area contributed by atoms with E-state index in [0.29, 0.717) is 11.5 Å². The van der Waals surface area contributed by atoms with Crippen molar-refractivity contribution < 1.29 is 0 Å². The molecule has 2 nitrogen and oxygen atoms in total. The van der Waals surface area contributed by atoms with Gasteiger partial charge in [-0.15, -0.1) is 0 Å². The molecule has 1 saturated heterocycles. The molecule has 2 heteroatoms. The van der Waals surface area contributed by atoms with Crippen LogP contribution >= 0.6 is 0 Å². The van der Waals surface area contributed by atoms with Gasteiger partial charge in [0.05, 0.1) is 0 Å². The second-order valence-electron chi connectivity index (χ2n) is 7.53. The highest BCUT2D eigenvalue weighted by Crippen LogP contribution is 2.40. The minimum absolute atomic E-state index is 0.534. The van der Waals surface area contributed by atoms with Crippen molar-refractivity contribution in [2.24, 2.45) is 11.3 Å². The van der Waals surface area contributed by atoms with Gasteiger partial charge in [0, 0.05) is 18.6 Å². The number of nitrogens with zero attached hydrogens (tertiary/aromatic N) is 1. The van der Waals surface area contributed by atoms with Crippen LogP contribution in [0.15, 0.2) is 0 Å². The number of hydrogen-bond donors (Lipinski definition) is 1. The molecule has 18 heavy (non-hydrogen) atoms. The Bertz CT molecular complexity index is 260. The first kappa shape index (κ1) is 14.3. The molecule has 2 fully saturated rings. The third-order valence-corrected chi connectivity index (χ3v) is 4.91. The van der Waals surface area contributed by atoms with E-state index in [1.807, 2.05) is 0 Å². The summed E-state index contributed by atoms with van der Waals surface area (Å²) in [5.41, 5.74) is 0.534. The SMILES string of the molecule is CC(C)CC1CN(C2CCCC2(C)C)CCCN1. The smallest absolute Gasteiger partial charge is 0.0197 e. The fourth-order valence-electron chi connectivity index (χ4n) is 4.02. The summed E-state index contributed by atoms with van der Waals surface area (Å²) in [6, 6.07) is 1.54. The quantitative estimate of drug-likeness (QED) is 0.829. The van der Waals surface area contributed by atoms with Gasteiger partial charge >= 0.3 is 0 Å². The van der Waals surface area contributed by atoms with E-state index < -0.39 is 0 Å². The lowest BCUT2D eigenvalue weighted by molar-refractivity contribution is 0.108. The zero-order valence-electron chi connectivity index (χ0n) is 12.8. The lowest BCUT2D eigenvalue weighted by Gasteiger charge is -2.38. The largest absolute Gasteiger partial charge is 0.313 e. The average Bonchev–Trinajstić information content (AvgIpc) is 2.47. The molecule has 2 aliphatic rings. The first-order chi connectivity index (χ1) is 8.49. The summed E-state index contributed by atoms with van der Waals surface area (Å²) in [6.45, 7) is 13.4. The van der Waals surface area contributed by atoms with Crippen molar-refractivity contribution in [3.63, 3.8) is 0 Å². The molecule has 2 rings (SSSR count). The Morgan fingerprint density at radius 2 is 2.06 bits per heavy atom. The van der Waals surface area contributed by atoms with Gasteiger partial charge in [0.2, 0.25) is 0 Å². The Labute approximate surface area is 114 Å². The number of hydrogen-bond acceptors (Lipinski definition) is 2. The molecule has 1 aliphatic carbocycles. The van der Waals surface area contributed by atoms with E-state index in [4.69, 9.17) is 0 Å². The third-order valence-electron chi connectivity index (χ3n) is 4.91. The Kier molecular flexibility index (Phi) is 4.71. The van der Waals surface area contributed by atoms with E-state index in [2.05, 4.69) is 37.9 Å². The van der Waals surface area contributed by atoms with E-state index >= 15 is 0 Å². The van der Waals surface area contributed by atoms with Crippen LogP contribution in [0.2, 0.25) is 0 Å². The van der Waals surface area contributed by atoms with Gasteiger partial charge in [0.1, 0.15) is 0 Å². The summed E-state index contributed by atoms with van der Waals surface area (Å²) in [4.78, 5) is 2.81. The van der Waals surface area contributed by atoms with Gasteiger partial charge in [-0.3, -0.25) is 4.90 Å². The van der Waals surface area contributed by atoms with Gasteiger partial charge in [0.25, 0.3) is 0 Å². The monoisotopic (exact) mass is 252 g/mol. The Balaban J connectivity index is 1.98. The minimum Gasteiger partial charge on any atom is -0.313 e. The van der Waals surface area contributed by atoms with Crippen molar-refractivity contribution in [1.29, 1.82) is 0 Å². The predicted molar refractivity (Wildman–Crippen MR) is 78.9 cm³/mol. The van der Waals surface area contributed by atoms with E-state index in [0.717, 1.165) is 12.0 Å². The van der Waals surface area contributed by atoms with Crippen LogP contribution in [0.25, 0.3) is 0 Å². The fourth-order valence-corrected chi connectivity index (χ4v) is 4.02. The van der Waals surface area contributed by atoms with Crippen LogP contribution in [0.3, 0.4) is 0 Å². The molecule has 2 atom stereocenters. The van der Waals surface area contributed by atoms with Gasteiger partial charge in [-0.1, -0.05) is 34.1 Å². The van der Waals surface area contributed by atoms with E-state index in [9.17, 15) is 0 Å². The molecular weight excluding hydrogens is 220 g/mol. The Morgan fingerprint density at radius 1 is 1.28 bits per heavy atom. The van der Waals surface area contributed by atoms with Gasteiger partial charge in [-0.2, -0.15) is 0 Å². The molecule has 1 saturated carbocycles. The zero-order chi connectivity index (χ0) is 13.2. The molecule has 1 N–H and O–H groups in total. The molecular formula is C16H32N2. The van der Waals surface area contributed by atoms with Crippen molar-refractivity contribution in [3.05, 3.63) is 0 Å². The highest BCUT2D eigenvalue weighted by atomic mass is 15.2. The van der Waals surface area contributed by atoms with Gasteiger partial charge in [0.15, 0.2) is 0 Å². The van der Waals surface area contributed by atoms with Crippen molar-refractivity contribution in [1.82, 2.24) is 10.2 Å². The first-order valence-corrected chi connectivity index (χ1v) is 7.96. The minimum atomic E-state index is 0.534. The molecule has 0 amide bonds. The van der Waals surface area contributed by atoms with Crippen molar-refractivity contribution >= 4 is 0 Å². The van der Waals surface area contributed by atoms with Crippen LogP contribution in [0, 0.1) is 11.3 Å². The topological polar surface area (TPSA) is 15.3 Å². The summed E-state index contributed by atoms with van der Waals surface area (Å²) in [6.07, 6.45) is 6.90. The Hall–Kier alpha value is -0.0800. The molecule has 0 radical (unpaired) electrons. The summed E-state index contributed by atoms with van der Waals surface area (Å²) in [7, 11) is 0. The second-order valence-corrected chi connectivity index (χ2v) is 7.53. The van der Waals surface area contributed by atoms with Gasteiger partial charge in [-0.25, -0.2) is 0 Å². The highest BCUT2D eigenvalue weighted by Gasteiger charge is 2.39. The van der Waals surface area contributed by atoms with Crippen molar-refractivity contribution in [2.45, 2.75) is 71.9 Å². The normalized spacial score (nSPS) is 33.8. The summed E-state index contributed by atoms with van der Waals surface area (Å²) in [5.74, 6) is 0.805. The first-order valence-electron chi connectivity index (χ1n) is 7.96. The van der Waals surface area contributed by atoms with Crippen LogP contribution in [0.5, 0.6) is 0 Å². The molecule has 0 aromatic rings. The van der Waals surface area contributed by atoms with Crippen LogP contribution in [0.4, 0.5) is 0 Å². The molecule has 0 aromatic heterocycles. The maximum atomic E-state index is 3.75. The zero-order valence-corrected chi connectivity index (χ0v) is 12.8. The number of nitrogens with one attached hydrogen (secondary N) is 1. The van der Waals surface area contributed by atoms with E-state index in [-0.39, 0.29) is 0 Å². The van der Waals surface area contributed by atoms with Gasteiger partial charge in [-0.05, 0) is 50.1 Å². The van der Waals surface area contributed by atoms with Crippen molar-refractivity contribution in [3.8, 4) is 0 Å². The van der Waals surface area contributed by atoms with Gasteiger partial charge < -0.3 is 5.32 Å². The number of rotatable bonds is 3. The molecule has 2 unspecified atom stereocenters. The maximum absolute atomic E-state index is 3.75. The summed E-state index contributed by atoms with van der Waals surface area (Å²) < 4.78 is 0. The fraction of sp³-hybridized carbons (Fsp3) is 1.00. The summed E-state index contributed by atoms with van der Waals surface area (Å²) in [5, 5.41) is 3.75. The average molecular weight is 252 g/mol. The maximum Gasteiger partial charge on any atom is 0.0197 e. The van der Waals surface area contributed by atoms with Crippen LogP contribution in [-0.4, -0.2) is 36.6 Å². The van der Waals surface area contributed by atoms with Crippen molar-refractivity contribution in [2.75, 3.05) is 19.6 Å². The molecule has 1 heterocycles. The second kappa shape index (κ2) is 5.92. The van der Waals surface area contributed by atoms with Crippen LogP contribution in [-0.2, 0) is 0 Å². The Morgan fingerprint density at radius 3 is 2.67 bits per heavy atom. The lowest BCUT2D eigenvalue weighted by atomic mass is 9.86. The lowest BCUT2D eigenvalue weighted by Crippen LogP contribution is -2.47. The van der Waals surface area contributed by atoms with E-state index in [1.165, 1.54) is 51.7 Å². The predicted octanol–water partition coefficient (Wildman–Crippen LogP) is 3.28. The molecule has 0 aromatic carbocycles. The molecule has 1 aliphatic heterocycles. The third kappa shape index (κ3) is 3.48. The van der Waals surface area contributed by atoms with Crippen LogP contribution in [0.1, 0.15) is 59.8 Å². The van der Waals surface area contributed by atoms with E-state index in [1.54, 1.807) is 0 Å². The molecule has 106 valence electrons. The highest BCUT2D eigenvalue weighted by molar-refractivity contribution is 4.94. The molecule has 0 bridgehead atoms. The summed E-state index contributed by atoms with van der Waals surface area (Å²) >= 11 is 0. The molecule has 0 spiro atoms. The standard InChI is InChI=1S/C16H32N2/c1-13(2)11-14-12-18(10-6-9-17-14)15-7-5-8-16(15,3)4/h13-15,17H,5-12H2,1-4H3.